The lowest BCUT2D eigenvalue weighted by Gasteiger charge is -2.23. The number of carbonyl (C=O) groups is 1. The Kier molecular flexibility index (Phi) is 4.80. The third kappa shape index (κ3) is 3.96. The van der Waals surface area contributed by atoms with Crippen molar-refractivity contribution in [2.24, 2.45) is 0 Å². The quantitative estimate of drug-likeness (QED) is 0.848. The second-order valence-electron chi connectivity index (χ2n) is 5.12. The summed E-state index contributed by atoms with van der Waals surface area (Å²) in [6, 6.07) is 7.27. The van der Waals surface area contributed by atoms with E-state index < -0.39 is 0 Å². The van der Waals surface area contributed by atoms with Gasteiger partial charge in [0.2, 0.25) is 0 Å². The summed E-state index contributed by atoms with van der Waals surface area (Å²) in [5, 5.41) is 0. The minimum Gasteiger partial charge on any atom is -0.399 e. The molecule has 0 unspecified atom stereocenters. The van der Waals surface area contributed by atoms with Crippen LogP contribution in [-0.2, 0) is 9.53 Å². The first-order chi connectivity index (χ1) is 9.16. The number of nitrogen functional groups attached to an aromatic ring is 1. The third-order valence-corrected chi connectivity index (χ3v) is 3.65. The molecule has 1 aliphatic rings. The van der Waals surface area contributed by atoms with Crippen molar-refractivity contribution in [2.45, 2.75) is 38.2 Å². The zero-order valence-corrected chi connectivity index (χ0v) is 11.5. The van der Waals surface area contributed by atoms with Crippen LogP contribution in [0.1, 0.15) is 32.1 Å². The highest BCUT2D eigenvalue weighted by Gasteiger charge is 2.17. The third-order valence-electron chi connectivity index (χ3n) is 3.65. The van der Waals surface area contributed by atoms with E-state index in [4.69, 9.17) is 10.5 Å². The molecule has 1 aromatic rings. The second kappa shape index (κ2) is 6.57. The summed E-state index contributed by atoms with van der Waals surface area (Å²) >= 11 is 0. The summed E-state index contributed by atoms with van der Waals surface area (Å²) in [6.45, 7) is 0.158. The summed E-state index contributed by atoms with van der Waals surface area (Å²) in [5.74, 6) is -0.0182. The van der Waals surface area contributed by atoms with Crippen molar-refractivity contribution in [1.82, 2.24) is 0 Å². The van der Waals surface area contributed by atoms with E-state index in [1.165, 1.54) is 19.3 Å². The van der Waals surface area contributed by atoms with Gasteiger partial charge < -0.3 is 15.4 Å². The molecule has 0 aromatic heterocycles. The molecule has 0 atom stereocenters. The fourth-order valence-electron chi connectivity index (χ4n) is 2.36. The number of nitrogens with zero attached hydrogens (tertiary/aromatic N) is 1. The maximum absolute atomic E-state index is 12.0. The molecule has 1 aromatic carbocycles. The van der Waals surface area contributed by atoms with Gasteiger partial charge in [0.1, 0.15) is 6.61 Å². The number of hydrogen-bond donors (Lipinski definition) is 1. The maximum Gasteiger partial charge on any atom is 0.252 e. The zero-order chi connectivity index (χ0) is 13.7. The Labute approximate surface area is 114 Å². The minimum absolute atomic E-state index is 0.0182. The number of rotatable bonds is 4. The molecule has 104 valence electrons. The van der Waals surface area contributed by atoms with E-state index in [0.717, 1.165) is 18.5 Å². The van der Waals surface area contributed by atoms with Gasteiger partial charge in [0.25, 0.3) is 5.91 Å². The van der Waals surface area contributed by atoms with Crippen LogP contribution in [0.15, 0.2) is 24.3 Å². The highest BCUT2D eigenvalue weighted by molar-refractivity contribution is 5.93. The predicted molar refractivity (Wildman–Crippen MR) is 77.1 cm³/mol. The molecule has 0 bridgehead atoms. The SMILES string of the molecule is CN(C(=O)COC1CCCCC1)c1ccc(N)cc1. The fraction of sp³-hybridized carbons (Fsp3) is 0.533. The van der Waals surface area contributed by atoms with Crippen molar-refractivity contribution in [2.75, 3.05) is 24.3 Å². The molecular formula is C15H22N2O2. The molecule has 1 amide bonds. The average Bonchev–Trinajstić information content (AvgIpc) is 2.46. The molecule has 0 saturated heterocycles. The largest absolute Gasteiger partial charge is 0.399 e. The molecule has 4 heteroatoms. The predicted octanol–water partition coefficient (Wildman–Crippen LogP) is 2.58. The summed E-state index contributed by atoms with van der Waals surface area (Å²) in [4.78, 5) is 13.7. The van der Waals surface area contributed by atoms with Gasteiger partial charge in [-0.3, -0.25) is 4.79 Å². The molecule has 1 saturated carbocycles. The number of hydrogen-bond acceptors (Lipinski definition) is 3. The van der Waals surface area contributed by atoms with Crippen LogP contribution in [-0.4, -0.2) is 25.7 Å². The Morgan fingerprint density at radius 2 is 1.89 bits per heavy atom. The van der Waals surface area contributed by atoms with Crippen molar-refractivity contribution in [3.63, 3.8) is 0 Å². The number of nitrogens with two attached hydrogens (primary N) is 1. The molecule has 2 rings (SSSR count). The first-order valence-corrected chi connectivity index (χ1v) is 6.90. The van der Waals surface area contributed by atoms with Crippen molar-refractivity contribution in [1.29, 1.82) is 0 Å². The van der Waals surface area contributed by atoms with Crippen LogP contribution in [0, 0.1) is 0 Å². The molecule has 0 radical (unpaired) electrons. The topological polar surface area (TPSA) is 55.6 Å². The summed E-state index contributed by atoms with van der Waals surface area (Å²) < 4.78 is 5.70. The number of likely N-dealkylation sites (N-methyl/N-ethyl adjacent to an activating group) is 1. The monoisotopic (exact) mass is 262 g/mol. The van der Waals surface area contributed by atoms with E-state index in [-0.39, 0.29) is 18.6 Å². The molecule has 2 N–H and O–H groups in total. The summed E-state index contributed by atoms with van der Waals surface area (Å²) in [5.41, 5.74) is 7.17. The van der Waals surface area contributed by atoms with Gasteiger partial charge in [0.15, 0.2) is 0 Å². The Balaban J connectivity index is 1.83. The average molecular weight is 262 g/mol. The van der Waals surface area contributed by atoms with E-state index in [0.29, 0.717) is 5.69 Å². The Bertz CT molecular complexity index is 411. The van der Waals surface area contributed by atoms with E-state index >= 15 is 0 Å². The number of anilines is 2. The van der Waals surface area contributed by atoms with Crippen LogP contribution in [0.4, 0.5) is 11.4 Å². The van der Waals surface area contributed by atoms with Crippen LogP contribution >= 0.6 is 0 Å². The van der Waals surface area contributed by atoms with Gasteiger partial charge in [0.05, 0.1) is 6.10 Å². The number of benzene rings is 1. The molecular weight excluding hydrogens is 240 g/mol. The van der Waals surface area contributed by atoms with E-state index in [1.807, 2.05) is 12.1 Å². The minimum atomic E-state index is -0.0182. The molecule has 0 spiro atoms. The molecule has 19 heavy (non-hydrogen) atoms. The van der Waals surface area contributed by atoms with Crippen LogP contribution in [0.5, 0.6) is 0 Å². The summed E-state index contributed by atoms with van der Waals surface area (Å²) in [6.07, 6.45) is 6.15. The maximum atomic E-state index is 12.0. The first kappa shape index (κ1) is 13.9. The lowest BCUT2D eigenvalue weighted by Crippen LogP contribution is -2.32. The van der Waals surface area contributed by atoms with Gasteiger partial charge in [-0.1, -0.05) is 19.3 Å². The van der Waals surface area contributed by atoms with Crippen LogP contribution in [0.2, 0.25) is 0 Å². The van der Waals surface area contributed by atoms with Crippen LogP contribution < -0.4 is 10.6 Å². The van der Waals surface area contributed by atoms with Crippen molar-refractivity contribution in [3.05, 3.63) is 24.3 Å². The molecule has 0 heterocycles. The fourth-order valence-corrected chi connectivity index (χ4v) is 2.36. The van der Waals surface area contributed by atoms with Gasteiger partial charge >= 0.3 is 0 Å². The van der Waals surface area contributed by atoms with Crippen molar-refractivity contribution >= 4 is 17.3 Å². The molecule has 1 fully saturated rings. The Morgan fingerprint density at radius 3 is 2.53 bits per heavy atom. The highest BCUT2D eigenvalue weighted by Crippen LogP contribution is 2.20. The first-order valence-electron chi connectivity index (χ1n) is 6.90. The molecule has 4 nitrogen and oxygen atoms in total. The van der Waals surface area contributed by atoms with Gasteiger partial charge in [0, 0.05) is 18.4 Å². The summed E-state index contributed by atoms with van der Waals surface area (Å²) in [7, 11) is 1.76. The Hall–Kier alpha value is -1.55. The smallest absolute Gasteiger partial charge is 0.252 e. The van der Waals surface area contributed by atoms with E-state index in [9.17, 15) is 4.79 Å². The van der Waals surface area contributed by atoms with Crippen molar-refractivity contribution in [3.8, 4) is 0 Å². The number of ether oxygens (including phenoxy) is 1. The van der Waals surface area contributed by atoms with Gasteiger partial charge in [-0.05, 0) is 37.1 Å². The standard InChI is InChI=1S/C15H22N2O2/c1-17(13-9-7-12(16)8-10-13)15(18)11-19-14-5-3-2-4-6-14/h7-10,14H,2-6,11,16H2,1H3. The van der Waals surface area contributed by atoms with E-state index in [1.54, 1.807) is 24.1 Å². The van der Waals surface area contributed by atoms with Gasteiger partial charge in [-0.2, -0.15) is 0 Å². The number of carbonyl (C=O) groups excluding carboxylic acids is 1. The lowest BCUT2D eigenvalue weighted by molar-refractivity contribution is -0.125. The number of amides is 1. The molecule has 1 aliphatic carbocycles. The second-order valence-corrected chi connectivity index (χ2v) is 5.12. The van der Waals surface area contributed by atoms with E-state index in [2.05, 4.69) is 0 Å². The highest BCUT2D eigenvalue weighted by atomic mass is 16.5. The van der Waals surface area contributed by atoms with Crippen LogP contribution in [0.25, 0.3) is 0 Å². The Morgan fingerprint density at radius 1 is 1.26 bits per heavy atom. The lowest BCUT2D eigenvalue weighted by atomic mass is 9.98. The van der Waals surface area contributed by atoms with Gasteiger partial charge in [-0.25, -0.2) is 0 Å². The zero-order valence-electron chi connectivity index (χ0n) is 11.5. The van der Waals surface area contributed by atoms with Crippen molar-refractivity contribution < 1.29 is 9.53 Å². The normalized spacial score (nSPS) is 16.3. The molecule has 0 aliphatic heterocycles. The van der Waals surface area contributed by atoms with Crippen LogP contribution in [0.3, 0.4) is 0 Å². The van der Waals surface area contributed by atoms with Gasteiger partial charge in [-0.15, -0.1) is 0 Å².